The third-order valence-corrected chi connectivity index (χ3v) is 4.66. The Morgan fingerprint density at radius 3 is 1.77 bits per heavy atom. The second-order valence-electron chi connectivity index (χ2n) is 5.79. The molecule has 0 radical (unpaired) electrons. The van der Waals surface area contributed by atoms with E-state index < -0.39 is 0 Å². The molecule has 3 aromatic carbocycles. The van der Waals surface area contributed by atoms with Gasteiger partial charge < -0.3 is 10.4 Å². The summed E-state index contributed by atoms with van der Waals surface area (Å²) in [4.78, 5) is 0. The minimum absolute atomic E-state index is 0.206. The summed E-state index contributed by atoms with van der Waals surface area (Å²) in [5.41, 5.74) is 2.22. The zero-order valence-electron chi connectivity index (χ0n) is 13.4. The molecule has 0 aliphatic carbocycles. The molecule has 0 aliphatic heterocycles. The van der Waals surface area contributed by atoms with Crippen molar-refractivity contribution in [2.24, 2.45) is 0 Å². The quantitative estimate of drug-likeness (QED) is 0.371. The van der Waals surface area contributed by atoms with Crippen LogP contribution in [-0.2, 0) is 0 Å². The first-order valence-corrected chi connectivity index (χ1v) is 8.61. The van der Waals surface area contributed by atoms with Gasteiger partial charge in [-0.1, -0.05) is 41.4 Å². The molecule has 4 aromatic rings. The van der Waals surface area contributed by atoms with Gasteiger partial charge in [0.1, 0.15) is 0 Å². The van der Waals surface area contributed by atoms with Crippen molar-refractivity contribution in [2.75, 3.05) is 0 Å². The lowest BCUT2D eigenvalue weighted by molar-refractivity contribution is -0.612. The molecule has 6 heteroatoms. The van der Waals surface area contributed by atoms with Crippen molar-refractivity contribution in [2.45, 2.75) is 0 Å². The van der Waals surface area contributed by atoms with Crippen LogP contribution in [0.4, 0.5) is 0 Å². The summed E-state index contributed by atoms with van der Waals surface area (Å²) in [6, 6.07) is 20.5. The van der Waals surface area contributed by atoms with E-state index in [0.717, 1.165) is 9.46 Å². The normalized spacial score (nSPS) is 11.0. The summed E-state index contributed by atoms with van der Waals surface area (Å²) >= 11 is 12.0. The van der Waals surface area contributed by atoms with Gasteiger partial charge in [0.25, 0.3) is 22.4 Å². The van der Waals surface area contributed by atoms with Crippen molar-refractivity contribution in [3.8, 4) is 22.5 Å². The molecular weight excluding hydrogens is 371 g/mol. The van der Waals surface area contributed by atoms with Crippen LogP contribution in [0.25, 0.3) is 33.5 Å². The molecule has 1 heterocycles. The van der Waals surface area contributed by atoms with Crippen LogP contribution in [0.2, 0.25) is 10.0 Å². The molecule has 1 aromatic heterocycles. The molecule has 0 unspecified atom stereocenters. The van der Waals surface area contributed by atoms with Gasteiger partial charge >= 0.3 is 0 Å². The Morgan fingerprint density at radius 1 is 0.577 bits per heavy atom. The highest BCUT2D eigenvalue weighted by Gasteiger charge is 2.30. The van der Waals surface area contributed by atoms with Gasteiger partial charge in [0.05, 0.1) is 11.1 Å². The molecule has 0 saturated heterocycles. The van der Waals surface area contributed by atoms with E-state index in [1.54, 1.807) is 48.5 Å². The van der Waals surface area contributed by atoms with Gasteiger partial charge in [0, 0.05) is 22.2 Å². The number of hydrogen-bond donors (Lipinski definition) is 0. The third kappa shape index (κ3) is 2.73. The Morgan fingerprint density at radius 2 is 1.12 bits per heavy atom. The molecule has 0 amide bonds. The average Bonchev–Trinajstić information content (AvgIpc) is 2.66. The second-order valence-corrected chi connectivity index (χ2v) is 6.66. The van der Waals surface area contributed by atoms with Gasteiger partial charge in [-0.15, -0.1) is 0 Å². The number of benzene rings is 3. The number of hydrogen-bond acceptors (Lipinski definition) is 2. The van der Waals surface area contributed by atoms with Crippen molar-refractivity contribution < 1.29 is 9.46 Å². The zero-order chi connectivity index (χ0) is 18.3. The topological polar surface area (TPSA) is 53.9 Å². The van der Waals surface area contributed by atoms with Crippen molar-refractivity contribution >= 4 is 34.2 Å². The average molecular weight is 383 g/mol. The molecule has 0 N–H and O–H groups in total. The fourth-order valence-corrected chi connectivity index (χ4v) is 3.27. The molecule has 4 rings (SSSR count). The molecular formula is C20H12Cl2N2O2. The Bertz CT molecular complexity index is 1110. The van der Waals surface area contributed by atoms with Gasteiger partial charge in [-0.3, -0.25) is 0 Å². The summed E-state index contributed by atoms with van der Waals surface area (Å²) < 4.78 is 1.53. The molecule has 0 spiro atoms. The van der Waals surface area contributed by atoms with Crippen molar-refractivity contribution in [1.82, 2.24) is 0 Å². The molecule has 0 saturated carbocycles. The van der Waals surface area contributed by atoms with E-state index in [1.807, 2.05) is 18.2 Å². The number of nitrogens with zero attached hydrogens (tertiary/aromatic N) is 2. The second kappa shape index (κ2) is 6.48. The molecule has 26 heavy (non-hydrogen) atoms. The van der Waals surface area contributed by atoms with Crippen LogP contribution >= 0.6 is 23.2 Å². The fourth-order valence-electron chi connectivity index (χ4n) is 2.98. The molecule has 4 nitrogen and oxygen atoms in total. The van der Waals surface area contributed by atoms with Crippen LogP contribution in [0.5, 0.6) is 0 Å². The van der Waals surface area contributed by atoms with Gasteiger partial charge in [-0.25, -0.2) is 0 Å². The first-order valence-electron chi connectivity index (χ1n) is 7.86. The maximum Gasteiger partial charge on any atom is 0.298 e. The Balaban J connectivity index is 2.16. The standard InChI is InChI=1S/C20H12Cl2N2O2/c21-15-8-6-14(7-9-15)20-19(13-4-2-1-3-5-13)23(25)17-11-10-16(22)12-18(17)24(20)26/h1-12H. The van der Waals surface area contributed by atoms with Gasteiger partial charge in [0.15, 0.2) is 0 Å². The minimum atomic E-state index is 0.206. The van der Waals surface area contributed by atoms with Crippen molar-refractivity contribution in [1.29, 1.82) is 0 Å². The number of rotatable bonds is 2. The van der Waals surface area contributed by atoms with Crippen LogP contribution in [0.3, 0.4) is 0 Å². The lowest BCUT2D eigenvalue weighted by Crippen LogP contribution is -2.42. The van der Waals surface area contributed by atoms with E-state index in [4.69, 9.17) is 23.2 Å². The highest BCUT2D eigenvalue weighted by Crippen LogP contribution is 2.29. The van der Waals surface area contributed by atoms with Gasteiger partial charge in [-0.05, 0) is 42.5 Å². The van der Waals surface area contributed by atoms with E-state index in [-0.39, 0.29) is 22.4 Å². The monoisotopic (exact) mass is 382 g/mol. The van der Waals surface area contributed by atoms with Gasteiger partial charge in [-0.2, -0.15) is 9.46 Å². The Hall–Kier alpha value is -2.82. The lowest BCUT2D eigenvalue weighted by Gasteiger charge is -2.13. The summed E-state index contributed by atoms with van der Waals surface area (Å²) in [5.74, 6) is 0. The summed E-state index contributed by atoms with van der Waals surface area (Å²) in [7, 11) is 0. The van der Waals surface area contributed by atoms with Crippen molar-refractivity contribution in [3.63, 3.8) is 0 Å². The lowest BCUT2D eigenvalue weighted by atomic mass is 10.0. The maximum atomic E-state index is 13.2. The van der Waals surface area contributed by atoms with Crippen molar-refractivity contribution in [3.05, 3.63) is 93.3 Å². The highest BCUT2D eigenvalue weighted by molar-refractivity contribution is 6.31. The third-order valence-electron chi connectivity index (χ3n) is 4.17. The Labute approximate surface area is 159 Å². The van der Waals surface area contributed by atoms with E-state index in [9.17, 15) is 10.4 Å². The molecule has 0 fully saturated rings. The maximum absolute atomic E-state index is 13.2. The summed E-state index contributed by atoms with van der Waals surface area (Å²) in [6.45, 7) is 0. The van der Waals surface area contributed by atoms with Crippen LogP contribution in [0, 0.1) is 10.4 Å². The van der Waals surface area contributed by atoms with Crippen LogP contribution in [-0.4, -0.2) is 0 Å². The predicted molar refractivity (Wildman–Crippen MR) is 103 cm³/mol. The van der Waals surface area contributed by atoms with Gasteiger partial charge in [0.2, 0.25) is 0 Å². The van der Waals surface area contributed by atoms with E-state index in [1.165, 1.54) is 6.07 Å². The number of fused-ring (bicyclic) bond motifs is 1. The molecule has 0 bridgehead atoms. The SMILES string of the molecule is [O-][n+]1c(-c2ccccc2)c(-c2ccc(Cl)cc2)[n+]([O-])c2cc(Cl)ccc21. The van der Waals surface area contributed by atoms with E-state index >= 15 is 0 Å². The highest BCUT2D eigenvalue weighted by atomic mass is 35.5. The number of aromatic nitrogens is 2. The fraction of sp³-hybridized carbons (Fsp3) is 0. The predicted octanol–water partition coefficient (Wildman–Crippen LogP) is 4.75. The minimum Gasteiger partial charge on any atom is -0.617 e. The Kier molecular flexibility index (Phi) is 4.15. The summed E-state index contributed by atoms with van der Waals surface area (Å²) in [6.07, 6.45) is 0. The molecule has 128 valence electrons. The first-order chi connectivity index (χ1) is 12.6. The largest absolute Gasteiger partial charge is 0.617 e. The first kappa shape index (κ1) is 16.6. The molecule has 0 aliphatic rings. The smallest absolute Gasteiger partial charge is 0.298 e. The van der Waals surface area contributed by atoms with E-state index in [0.29, 0.717) is 21.2 Å². The zero-order valence-corrected chi connectivity index (χ0v) is 14.9. The van der Waals surface area contributed by atoms with Crippen LogP contribution in [0.1, 0.15) is 0 Å². The van der Waals surface area contributed by atoms with E-state index in [2.05, 4.69) is 0 Å². The van der Waals surface area contributed by atoms with Crippen LogP contribution < -0.4 is 9.46 Å². The number of halogens is 2. The molecule has 0 atom stereocenters. The summed E-state index contributed by atoms with van der Waals surface area (Å²) in [5, 5.41) is 27.3. The van der Waals surface area contributed by atoms with Crippen LogP contribution in [0.15, 0.2) is 72.8 Å².